The molecule has 3 N–H and O–H groups in total. The highest BCUT2D eigenvalue weighted by Crippen LogP contribution is 2.20. The van der Waals surface area contributed by atoms with Crippen molar-refractivity contribution in [1.29, 1.82) is 0 Å². The third-order valence-corrected chi connectivity index (χ3v) is 2.61. The van der Waals surface area contributed by atoms with Gasteiger partial charge in [0.1, 0.15) is 5.75 Å². The zero-order valence-corrected chi connectivity index (χ0v) is 11.2. The van der Waals surface area contributed by atoms with Crippen LogP contribution in [0.3, 0.4) is 0 Å². The number of nitrogens with two attached hydrogens (primary N) is 1. The Morgan fingerprint density at radius 1 is 1.44 bits per heavy atom. The molecule has 18 heavy (non-hydrogen) atoms. The molecule has 0 aliphatic rings. The largest absolute Gasteiger partial charge is 0.494 e. The van der Waals surface area contributed by atoms with Crippen molar-refractivity contribution in [3.8, 4) is 5.75 Å². The van der Waals surface area contributed by atoms with Gasteiger partial charge in [0.15, 0.2) is 0 Å². The lowest BCUT2D eigenvalue weighted by atomic mass is 10.1. The van der Waals surface area contributed by atoms with Crippen molar-refractivity contribution in [3.63, 3.8) is 0 Å². The maximum absolute atomic E-state index is 11.5. The lowest BCUT2D eigenvalue weighted by molar-refractivity contribution is -0.121. The second-order valence-electron chi connectivity index (χ2n) is 4.21. The maximum atomic E-state index is 11.5. The zero-order chi connectivity index (χ0) is 13.4. The Morgan fingerprint density at radius 3 is 2.89 bits per heavy atom. The first-order chi connectivity index (χ1) is 8.67. The molecule has 1 rings (SSSR count). The summed E-state index contributed by atoms with van der Waals surface area (Å²) in [6.07, 6.45) is 1.20. The minimum atomic E-state index is 0.0310. The Bertz CT molecular complexity index is 391. The number of benzene rings is 1. The molecule has 0 radical (unpaired) electrons. The van der Waals surface area contributed by atoms with Crippen LogP contribution in [0.2, 0.25) is 0 Å². The summed E-state index contributed by atoms with van der Waals surface area (Å²) in [4.78, 5) is 11.5. The highest BCUT2D eigenvalue weighted by Gasteiger charge is 2.06. The second kappa shape index (κ2) is 7.71. The molecule has 1 aromatic carbocycles. The molecule has 0 saturated heterocycles. The number of hydrogen-bond acceptors (Lipinski definition) is 3. The summed E-state index contributed by atoms with van der Waals surface area (Å²) in [5, 5.41) is 2.88. The first-order valence-corrected chi connectivity index (χ1v) is 6.36. The van der Waals surface area contributed by atoms with Crippen molar-refractivity contribution in [2.75, 3.05) is 13.2 Å². The second-order valence-corrected chi connectivity index (χ2v) is 4.21. The molecule has 0 fully saturated rings. The molecule has 1 amide bonds. The fraction of sp³-hybridized carbons (Fsp3) is 0.500. The molecule has 0 aliphatic heterocycles. The smallest absolute Gasteiger partial charge is 0.220 e. The number of nitrogens with one attached hydrogen (secondary N) is 1. The van der Waals surface area contributed by atoms with Crippen LogP contribution in [0.5, 0.6) is 5.75 Å². The van der Waals surface area contributed by atoms with Crippen LogP contribution in [-0.4, -0.2) is 19.1 Å². The van der Waals surface area contributed by atoms with Crippen molar-refractivity contribution in [3.05, 3.63) is 29.3 Å². The number of carbonyl (C=O) groups excluding carboxylic acids is 1. The van der Waals surface area contributed by atoms with Crippen LogP contribution in [-0.2, 0) is 11.3 Å². The van der Waals surface area contributed by atoms with Gasteiger partial charge in [-0.15, -0.1) is 0 Å². The highest BCUT2D eigenvalue weighted by molar-refractivity contribution is 5.75. The quantitative estimate of drug-likeness (QED) is 0.775. The van der Waals surface area contributed by atoms with E-state index in [9.17, 15) is 4.79 Å². The van der Waals surface area contributed by atoms with E-state index in [1.54, 1.807) is 0 Å². The summed E-state index contributed by atoms with van der Waals surface area (Å²) in [6, 6.07) is 6.00. The Morgan fingerprint density at radius 2 is 2.22 bits per heavy atom. The molecule has 0 heterocycles. The van der Waals surface area contributed by atoms with Crippen molar-refractivity contribution < 1.29 is 9.53 Å². The number of carbonyl (C=O) groups is 1. The molecule has 0 atom stereocenters. The van der Waals surface area contributed by atoms with Crippen molar-refractivity contribution in [2.24, 2.45) is 5.73 Å². The number of amides is 1. The van der Waals surface area contributed by atoms with Gasteiger partial charge in [-0.25, -0.2) is 0 Å². The molecule has 100 valence electrons. The van der Waals surface area contributed by atoms with Gasteiger partial charge in [-0.05, 0) is 38.4 Å². The maximum Gasteiger partial charge on any atom is 0.220 e. The van der Waals surface area contributed by atoms with Gasteiger partial charge in [0.05, 0.1) is 6.61 Å². The molecule has 1 aromatic rings. The van der Waals surface area contributed by atoms with Crippen molar-refractivity contribution in [2.45, 2.75) is 33.2 Å². The molecule has 0 aliphatic carbocycles. The van der Waals surface area contributed by atoms with E-state index in [1.807, 2.05) is 32.0 Å². The van der Waals surface area contributed by atoms with Gasteiger partial charge in [-0.2, -0.15) is 0 Å². The molecule has 0 unspecified atom stereocenters. The number of aryl methyl sites for hydroxylation is 1. The highest BCUT2D eigenvalue weighted by atomic mass is 16.5. The van der Waals surface area contributed by atoms with Gasteiger partial charge >= 0.3 is 0 Å². The van der Waals surface area contributed by atoms with Gasteiger partial charge in [-0.1, -0.05) is 12.1 Å². The van der Waals surface area contributed by atoms with Crippen LogP contribution < -0.4 is 15.8 Å². The zero-order valence-electron chi connectivity index (χ0n) is 11.2. The van der Waals surface area contributed by atoms with Gasteiger partial charge in [0.25, 0.3) is 0 Å². The number of ether oxygens (including phenoxy) is 1. The van der Waals surface area contributed by atoms with E-state index in [0.29, 0.717) is 26.1 Å². The number of hydrogen-bond donors (Lipinski definition) is 2. The molecule has 0 saturated carbocycles. The van der Waals surface area contributed by atoms with Gasteiger partial charge < -0.3 is 15.8 Å². The summed E-state index contributed by atoms with van der Waals surface area (Å²) in [6.45, 7) is 5.64. The van der Waals surface area contributed by atoms with E-state index < -0.39 is 0 Å². The van der Waals surface area contributed by atoms with Crippen LogP contribution in [0.15, 0.2) is 18.2 Å². The van der Waals surface area contributed by atoms with Gasteiger partial charge in [0, 0.05) is 18.5 Å². The summed E-state index contributed by atoms with van der Waals surface area (Å²) in [5.41, 5.74) is 7.52. The fourth-order valence-electron chi connectivity index (χ4n) is 1.64. The van der Waals surface area contributed by atoms with E-state index in [4.69, 9.17) is 10.5 Å². The molecule has 0 bridgehead atoms. The van der Waals surface area contributed by atoms with Gasteiger partial charge in [-0.3, -0.25) is 4.79 Å². The molecule has 4 heteroatoms. The predicted molar refractivity (Wildman–Crippen MR) is 72.5 cm³/mol. The molecular formula is C14H22N2O2. The SMILES string of the molecule is CCOc1cc(C)ccc1CNC(=O)CCCN. The lowest BCUT2D eigenvalue weighted by Crippen LogP contribution is -2.23. The molecule has 0 aromatic heterocycles. The third kappa shape index (κ3) is 4.75. The van der Waals surface area contributed by atoms with Crippen LogP contribution in [0.25, 0.3) is 0 Å². The summed E-state index contributed by atoms with van der Waals surface area (Å²) >= 11 is 0. The van der Waals surface area contributed by atoms with E-state index in [0.717, 1.165) is 23.3 Å². The van der Waals surface area contributed by atoms with Crippen molar-refractivity contribution in [1.82, 2.24) is 5.32 Å². The van der Waals surface area contributed by atoms with E-state index in [2.05, 4.69) is 5.32 Å². The minimum absolute atomic E-state index is 0.0310. The van der Waals surface area contributed by atoms with Crippen LogP contribution in [0, 0.1) is 6.92 Å². The molecular weight excluding hydrogens is 228 g/mol. The normalized spacial score (nSPS) is 10.2. The van der Waals surface area contributed by atoms with Crippen molar-refractivity contribution >= 4 is 5.91 Å². The average Bonchev–Trinajstić information content (AvgIpc) is 2.36. The first-order valence-electron chi connectivity index (χ1n) is 6.36. The summed E-state index contributed by atoms with van der Waals surface area (Å²) in [7, 11) is 0. The molecule has 0 spiro atoms. The van der Waals surface area contributed by atoms with Crippen LogP contribution >= 0.6 is 0 Å². The van der Waals surface area contributed by atoms with E-state index in [1.165, 1.54) is 0 Å². The average molecular weight is 250 g/mol. The Labute approximate surface area is 109 Å². The third-order valence-electron chi connectivity index (χ3n) is 2.61. The standard InChI is InChI=1S/C14H22N2O2/c1-3-18-13-9-11(2)6-7-12(13)10-16-14(17)5-4-8-15/h6-7,9H,3-5,8,10,15H2,1-2H3,(H,16,17). The first kappa shape index (κ1) is 14.5. The van der Waals surface area contributed by atoms with Gasteiger partial charge in [0.2, 0.25) is 5.91 Å². The summed E-state index contributed by atoms with van der Waals surface area (Å²) in [5.74, 6) is 0.875. The predicted octanol–water partition coefficient (Wildman–Crippen LogP) is 1.75. The number of rotatable bonds is 7. The fourth-order valence-corrected chi connectivity index (χ4v) is 1.64. The Kier molecular flexibility index (Phi) is 6.22. The lowest BCUT2D eigenvalue weighted by Gasteiger charge is -2.12. The Balaban J connectivity index is 2.58. The Hall–Kier alpha value is -1.55. The van der Waals surface area contributed by atoms with Crippen LogP contribution in [0.1, 0.15) is 30.9 Å². The topological polar surface area (TPSA) is 64.3 Å². The minimum Gasteiger partial charge on any atom is -0.494 e. The van der Waals surface area contributed by atoms with E-state index >= 15 is 0 Å². The molecule has 4 nitrogen and oxygen atoms in total. The monoisotopic (exact) mass is 250 g/mol. The summed E-state index contributed by atoms with van der Waals surface area (Å²) < 4.78 is 5.56. The van der Waals surface area contributed by atoms with Crippen LogP contribution in [0.4, 0.5) is 0 Å². The van der Waals surface area contributed by atoms with E-state index in [-0.39, 0.29) is 5.91 Å².